The highest BCUT2D eigenvalue weighted by atomic mass is 16.5. The smallest absolute Gasteiger partial charge is 0.338 e. The first-order valence-electron chi connectivity index (χ1n) is 9.10. The van der Waals surface area contributed by atoms with Gasteiger partial charge in [-0.05, 0) is 62.7 Å². The summed E-state index contributed by atoms with van der Waals surface area (Å²) in [5, 5.41) is 15.3. The number of hydrogen-bond donors (Lipinski definition) is 1. The molecule has 1 heterocycles. The van der Waals surface area contributed by atoms with Gasteiger partial charge in [0.15, 0.2) is 11.5 Å². The van der Waals surface area contributed by atoms with Crippen LogP contribution in [0.2, 0.25) is 0 Å². The van der Waals surface area contributed by atoms with Crippen LogP contribution in [0.15, 0.2) is 53.1 Å². The summed E-state index contributed by atoms with van der Waals surface area (Å²) in [6, 6.07) is 11.4. The van der Waals surface area contributed by atoms with Gasteiger partial charge < -0.3 is 14.6 Å². The van der Waals surface area contributed by atoms with Crippen molar-refractivity contribution >= 4 is 29.4 Å². The predicted octanol–water partition coefficient (Wildman–Crippen LogP) is 3.77. The number of benzene rings is 2. The van der Waals surface area contributed by atoms with E-state index in [1.165, 1.54) is 18.2 Å². The fourth-order valence-corrected chi connectivity index (χ4v) is 2.86. The summed E-state index contributed by atoms with van der Waals surface area (Å²) in [4.78, 5) is 25.1. The van der Waals surface area contributed by atoms with Gasteiger partial charge in [0, 0.05) is 0 Å². The molecule has 0 aromatic heterocycles. The number of methoxy groups -OCH3 is 1. The van der Waals surface area contributed by atoms with Crippen LogP contribution in [0.4, 0.5) is 5.69 Å². The second-order valence-corrected chi connectivity index (χ2v) is 6.80. The Hall–Kier alpha value is -3.61. The molecular formula is C22H22N2O5. The predicted molar refractivity (Wildman–Crippen MR) is 110 cm³/mol. The number of anilines is 1. The molecule has 1 N–H and O–H groups in total. The average molecular weight is 394 g/mol. The van der Waals surface area contributed by atoms with E-state index in [0.717, 1.165) is 0 Å². The second-order valence-electron chi connectivity index (χ2n) is 6.80. The molecule has 3 rings (SSSR count). The molecule has 1 aliphatic heterocycles. The van der Waals surface area contributed by atoms with E-state index in [2.05, 4.69) is 5.10 Å². The molecule has 29 heavy (non-hydrogen) atoms. The highest BCUT2D eigenvalue weighted by Gasteiger charge is 2.29. The summed E-state index contributed by atoms with van der Waals surface area (Å²) in [6.07, 6.45) is 1.44. The van der Waals surface area contributed by atoms with Crippen LogP contribution in [-0.2, 0) is 9.53 Å². The molecule has 1 aliphatic rings. The average Bonchev–Trinajstić information content (AvgIpc) is 2.97. The molecular weight excluding hydrogens is 372 g/mol. The summed E-state index contributed by atoms with van der Waals surface area (Å²) >= 11 is 0. The van der Waals surface area contributed by atoms with Gasteiger partial charge in [0.2, 0.25) is 0 Å². The first-order valence-corrected chi connectivity index (χ1v) is 9.10. The minimum absolute atomic E-state index is 0.0181. The standard InChI is InChI=1S/C22H22N2O5/c1-13(2)29-22(27)16-6-5-7-17(12-16)24-21(26)18(14(3)23-24)10-15-8-9-19(25)20(11-15)28-4/h5-13,25H,1-4H3/b18-10-. The van der Waals surface area contributed by atoms with E-state index in [1.54, 1.807) is 63.2 Å². The lowest BCUT2D eigenvalue weighted by molar-refractivity contribution is -0.114. The van der Waals surface area contributed by atoms with Crippen molar-refractivity contribution in [3.8, 4) is 11.5 Å². The van der Waals surface area contributed by atoms with Crippen LogP contribution in [0.25, 0.3) is 6.08 Å². The van der Waals surface area contributed by atoms with Gasteiger partial charge in [-0.1, -0.05) is 12.1 Å². The SMILES string of the molecule is COc1cc(/C=C2\C(=O)N(c3cccc(C(=O)OC(C)C)c3)N=C2C)ccc1O. The van der Waals surface area contributed by atoms with Crippen LogP contribution >= 0.6 is 0 Å². The molecule has 2 aromatic carbocycles. The number of esters is 1. The fraction of sp³-hybridized carbons (Fsp3) is 0.227. The van der Waals surface area contributed by atoms with Gasteiger partial charge in [-0.2, -0.15) is 10.1 Å². The number of phenolic OH excluding ortho intramolecular Hbond substituents is 1. The Morgan fingerprint density at radius 2 is 1.97 bits per heavy atom. The number of rotatable bonds is 5. The van der Waals surface area contributed by atoms with Crippen LogP contribution in [0.1, 0.15) is 36.7 Å². The lowest BCUT2D eigenvalue weighted by Crippen LogP contribution is -2.22. The zero-order chi connectivity index (χ0) is 21.1. The van der Waals surface area contributed by atoms with E-state index >= 15 is 0 Å². The molecule has 0 fully saturated rings. The molecule has 0 radical (unpaired) electrons. The van der Waals surface area contributed by atoms with Gasteiger partial charge in [-0.15, -0.1) is 0 Å². The highest BCUT2D eigenvalue weighted by molar-refractivity contribution is 6.32. The van der Waals surface area contributed by atoms with E-state index in [0.29, 0.717) is 33.8 Å². The van der Waals surface area contributed by atoms with Crippen molar-refractivity contribution in [2.75, 3.05) is 12.1 Å². The van der Waals surface area contributed by atoms with Crippen molar-refractivity contribution in [2.24, 2.45) is 5.10 Å². The second kappa shape index (κ2) is 8.18. The third-order valence-electron chi connectivity index (χ3n) is 4.25. The van der Waals surface area contributed by atoms with Gasteiger partial charge >= 0.3 is 5.97 Å². The molecule has 0 bridgehead atoms. The van der Waals surface area contributed by atoms with Crippen molar-refractivity contribution in [1.29, 1.82) is 0 Å². The summed E-state index contributed by atoms with van der Waals surface area (Å²) < 4.78 is 10.3. The van der Waals surface area contributed by atoms with Gasteiger partial charge in [0.05, 0.1) is 35.7 Å². The Morgan fingerprint density at radius 1 is 1.21 bits per heavy atom. The van der Waals surface area contributed by atoms with Crippen LogP contribution in [0, 0.1) is 0 Å². The van der Waals surface area contributed by atoms with Crippen molar-refractivity contribution in [1.82, 2.24) is 0 Å². The largest absolute Gasteiger partial charge is 0.504 e. The fourth-order valence-electron chi connectivity index (χ4n) is 2.86. The number of hydrogen-bond acceptors (Lipinski definition) is 6. The van der Waals surface area contributed by atoms with Crippen molar-refractivity contribution in [3.05, 3.63) is 59.2 Å². The molecule has 7 heteroatoms. The Morgan fingerprint density at radius 3 is 2.66 bits per heavy atom. The van der Waals surface area contributed by atoms with Gasteiger partial charge in [-0.3, -0.25) is 4.79 Å². The highest BCUT2D eigenvalue weighted by Crippen LogP contribution is 2.30. The molecule has 7 nitrogen and oxygen atoms in total. The molecule has 0 saturated heterocycles. The van der Waals surface area contributed by atoms with Crippen LogP contribution in [0.3, 0.4) is 0 Å². The maximum absolute atomic E-state index is 12.9. The summed E-state index contributed by atoms with van der Waals surface area (Å²) in [5.41, 5.74) is 2.45. The molecule has 0 atom stereocenters. The number of nitrogens with zero attached hydrogens (tertiary/aromatic N) is 2. The van der Waals surface area contributed by atoms with Crippen LogP contribution in [0.5, 0.6) is 11.5 Å². The molecule has 1 amide bonds. The summed E-state index contributed by atoms with van der Waals surface area (Å²) in [6.45, 7) is 5.28. The molecule has 0 saturated carbocycles. The lowest BCUT2D eigenvalue weighted by Gasteiger charge is -2.13. The van der Waals surface area contributed by atoms with Crippen molar-refractivity contribution in [3.63, 3.8) is 0 Å². The number of amides is 1. The first kappa shape index (κ1) is 20.1. The van der Waals surface area contributed by atoms with E-state index in [9.17, 15) is 14.7 Å². The number of carbonyl (C=O) groups excluding carboxylic acids is 2. The molecule has 2 aromatic rings. The Kier molecular flexibility index (Phi) is 5.68. The van der Waals surface area contributed by atoms with E-state index < -0.39 is 5.97 Å². The maximum atomic E-state index is 12.9. The zero-order valence-corrected chi connectivity index (χ0v) is 16.7. The van der Waals surface area contributed by atoms with Gasteiger partial charge in [-0.25, -0.2) is 4.79 Å². The number of ether oxygens (including phenoxy) is 2. The quantitative estimate of drug-likeness (QED) is 0.616. The number of phenols is 1. The number of carbonyl (C=O) groups is 2. The van der Waals surface area contributed by atoms with E-state index in [-0.39, 0.29) is 17.8 Å². The minimum atomic E-state index is -0.457. The monoisotopic (exact) mass is 394 g/mol. The third kappa shape index (κ3) is 4.29. The first-order chi connectivity index (χ1) is 13.8. The normalized spacial score (nSPS) is 15.1. The molecule has 0 unspecified atom stereocenters. The Labute approximate surface area is 168 Å². The van der Waals surface area contributed by atoms with E-state index in [1.807, 2.05) is 0 Å². The topological polar surface area (TPSA) is 88.4 Å². The number of hydrazone groups is 1. The summed E-state index contributed by atoms with van der Waals surface area (Å²) in [7, 11) is 1.46. The van der Waals surface area contributed by atoms with E-state index in [4.69, 9.17) is 9.47 Å². The van der Waals surface area contributed by atoms with Crippen LogP contribution < -0.4 is 9.75 Å². The Bertz CT molecular complexity index is 1020. The number of aromatic hydroxyl groups is 1. The maximum Gasteiger partial charge on any atom is 0.338 e. The molecule has 0 spiro atoms. The van der Waals surface area contributed by atoms with Gasteiger partial charge in [0.1, 0.15) is 0 Å². The Balaban J connectivity index is 1.90. The summed E-state index contributed by atoms with van der Waals surface area (Å²) in [5.74, 6) is -0.442. The van der Waals surface area contributed by atoms with Gasteiger partial charge in [0.25, 0.3) is 5.91 Å². The van der Waals surface area contributed by atoms with Crippen molar-refractivity contribution in [2.45, 2.75) is 26.9 Å². The molecule has 0 aliphatic carbocycles. The van der Waals surface area contributed by atoms with Crippen LogP contribution in [-0.4, -0.2) is 35.9 Å². The lowest BCUT2D eigenvalue weighted by atomic mass is 10.1. The molecule has 150 valence electrons. The van der Waals surface area contributed by atoms with Crippen molar-refractivity contribution < 1.29 is 24.2 Å². The third-order valence-corrected chi connectivity index (χ3v) is 4.25. The minimum Gasteiger partial charge on any atom is -0.504 e. The zero-order valence-electron chi connectivity index (χ0n) is 16.7.